The first kappa shape index (κ1) is 68.1. The maximum Gasteiger partial charge on any atom is 0.306 e. The lowest BCUT2D eigenvalue weighted by molar-refractivity contribution is -0.167. The van der Waals surface area contributed by atoms with Gasteiger partial charge in [0.05, 0.1) is 0 Å². The Kier molecular flexibility index (Phi) is 57.2. The summed E-state index contributed by atoms with van der Waals surface area (Å²) in [5, 5.41) is 0. The molecule has 0 aliphatic heterocycles. The summed E-state index contributed by atoms with van der Waals surface area (Å²) in [6.07, 6.45) is 75.1. The molecule has 71 heavy (non-hydrogen) atoms. The number of hydrogen-bond donors (Lipinski definition) is 0. The van der Waals surface area contributed by atoms with Crippen LogP contribution in [0.15, 0.2) is 60.8 Å². The summed E-state index contributed by atoms with van der Waals surface area (Å²) < 4.78 is 16.9. The molecule has 0 amide bonds. The minimum absolute atomic E-state index is 0.0782. The lowest BCUT2D eigenvalue weighted by atomic mass is 10.0. The number of carbonyl (C=O) groups excluding carboxylic acids is 3. The third-order valence-electron chi connectivity index (χ3n) is 13.5. The van der Waals surface area contributed by atoms with Crippen LogP contribution in [-0.2, 0) is 28.6 Å². The average Bonchev–Trinajstić information content (AvgIpc) is 3.37. The van der Waals surface area contributed by atoms with Crippen molar-refractivity contribution in [1.82, 2.24) is 0 Å². The lowest BCUT2D eigenvalue weighted by Gasteiger charge is -2.18. The fourth-order valence-electron chi connectivity index (χ4n) is 8.78. The highest BCUT2D eigenvalue weighted by molar-refractivity contribution is 5.71. The highest BCUT2D eigenvalue weighted by Crippen LogP contribution is 2.16. The average molecular weight is 994 g/mol. The molecular formula is C65H116O6. The van der Waals surface area contributed by atoms with Gasteiger partial charge in [-0.3, -0.25) is 14.4 Å². The summed E-state index contributed by atoms with van der Waals surface area (Å²) in [6, 6.07) is 0. The second-order valence-electron chi connectivity index (χ2n) is 20.6. The number of esters is 3. The second kappa shape index (κ2) is 59.7. The number of carbonyl (C=O) groups is 3. The summed E-state index contributed by atoms with van der Waals surface area (Å²) in [5.41, 5.74) is 0. The molecule has 412 valence electrons. The molecule has 0 aliphatic rings. The van der Waals surface area contributed by atoms with Crippen LogP contribution in [0, 0.1) is 0 Å². The predicted octanol–water partition coefficient (Wildman–Crippen LogP) is 20.8. The van der Waals surface area contributed by atoms with Crippen molar-refractivity contribution in [3.63, 3.8) is 0 Å². The lowest BCUT2D eigenvalue weighted by Crippen LogP contribution is -2.30. The van der Waals surface area contributed by atoms with E-state index in [2.05, 4.69) is 81.5 Å². The van der Waals surface area contributed by atoms with E-state index in [0.29, 0.717) is 19.3 Å². The van der Waals surface area contributed by atoms with Crippen LogP contribution in [0.2, 0.25) is 0 Å². The molecule has 1 unspecified atom stereocenters. The van der Waals surface area contributed by atoms with Crippen molar-refractivity contribution < 1.29 is 28.6 Å². The maximum atomic E-state index is 12.9. The SMILES string of the molecule is CCCC/C=C\CCCCCCCC(=O)OCC(COC(=O)CCCCCCCCCCCCC/C=C\C/C=C\CCCCCCC)OC(=O)CCCCCCCCCCC/C=C\C/C=C\CCCCC. The number of ether oxygens (including phenoxy) is 3. The zero-order chi connectivity index (χ0) is 51.4. The quantitative estimate of drug-likeness (QED) is 0.0261. The number of allylic oxidation sites excluding steroid dienone is 10. The van der Waals surface area contributed by atoms with Gasteiger partial charge < -0.3 is 14.2 Å². The fraction of sp³-hybridized carbons (Fsp3) is 0.800. The van der Waals surface area contributed by atoms with Crippen molar-refractivity contribution in [2.75, 3.05) is 13.2 Å². The Hall–Kier alpha value is -2.89. The van der Waals surface area contributed by atoms with Crippen LogP contribution in [0.25, 0.3) is 0 Å². The van der Waals surface area contributed by atoms with Gasteiger partial charge in [0, 0.05) is 19.3 Å². The molecule has 0 spiro atoms. The molecule has 0 saturated heterocycles. The molecule has 0 N–H and O–H groups in total. The van der Waals surface area contributed by atoms with E-state index < -0.39 is 6.10 Å². The van der Waals surface area contributed by atoms with Gasteiger partial charge in [0.1, 0.15) is 13.2 Å². The van der Waals surface area contributed by atoms with Crippen molar-refractivity contribution in [2.24, 2.45) is 0 Å². The Labute approximate surface area is 440 Å². The van der Waals surface area contributed by atoms with Gasteiger partial charge in [-0.25, -0.2) is 0 Å². The van der Waals surface area contributed by atoms with Crippen molar-refractivity contribution >= 4 is 17.9 Å². The molecule has 0 saturated carbocycles. The van der Waals surface area contributed by atoms with E-state index in [1.807, 2.05) is 0 Å². The molecule has 0 aliphatic carbocycles. The molecule has 6 nitrogen and oxygen atoms in total. The minimum Gasteiger partial charge on any atom is -0.462 e. The van der Waals surface area contributed by atoms with E-state index in [0.717, 1.165) is 77.0 Å². The molecular weight excluding hydrogens is 877 g/mol. The zero-order valence-corrected chi connectivity index (χ0v) is 47.2. The monoisotopic (exact) mass is 993 g/mol. The standard InChI is InChI=1S/C65H116O6/c1-4-7-10-13-16-19-22-24-26-28-30-31-32-33-35-36-38-40-43-46-49-52-55-58-64(67)70-61-62(60-69-63(66)57-54-51-48-45-42-21-18-15-12-9-6-3)71-65(68)59-56-53-50-47-44-41-39-37-34-29-27-25-23-20-17-14-11-8-5-2/h15,17-18,20,22,24-25,27-28,30,62H,4-14,16,19,21,23,26,29,31-61H2,1-3H3/b18-15-,20-17-,24-22-,27-25-,30-28-. The highest BCUT2D eigenvalue weighted by atomic mass is 16.6. The Balaban J connectivity index is 4.28. The number of rotatable bonds is 56. The van der Waals surface area contributed by atoms with E-state index in [4.69, 9.17) is 14.2 Å². The van der Waals surface area contributed by atoms with E-state index in [9.17, 15) is 14.4 Å². The van der Waals surface area contributed by atoms with Crippen LogP contribution >= 0.6 is 0 Å². The molecule has 1 atom stereocenters. The first-order chi connectivity index (χ1) is 35.0. The predicted molar refractivity (Wildman–Crippen MR) is 307 cm³/mol. The van der Waals surface area contributed by atoms with Gasteiger partial charge in [0.2, 0.25) is 0 Å². The maximum absolute atomic E-state index is 12.9. The summed E-state index contributed by atoms with van der Waals surface area (Å²) in [7, 11) is 0. The zero-order valence-electron chi connectivity index (χ0n) is 47.2. The summed E-state index contributed by atoms with van der Waals surface area (Å²) in [5.74, 6) is -0.881. The fourth-order valence-corrected chi connectivity index (χ4v) is 8.78. The van der Waals surface area contributed by atoms with Crippen molar-refractivity contribution in [3.8, 4) is 0 Å². The smallest absolute Gasteiger partial charge is 0.306 e. The van der Waals surface area contributed by atoms with Gasteiger partial charge in [-0.2, -0.15) is 0 Å². The van der Waals surface area contributed by atoms with Gasteiger partial charge in [-0.1, -0.05) is 255 Å². The van der Waals surface area contributed by atoms with Crippen molar-refractivity contribution in [2.45, 2.75) is 322 Å². The number of unbranched alkanes of at least 4 members (excludes halogenated alkanes) is 35. The largest absolute Gasteiger partial charge is 0.462 e. The first-order valence-electron chi connectivity index (χ1n) is 30.8. The van der Waals surface area contributed by atoms with E-state index >= 15 is 0 Å². The van der Waals surface area contributed by atoms with Crippen LogP contribution < -0.4 is 0 Å². The van der Waals surface area contributed by atoms with Crippen LogP contribution in [0.1, 0.15) is 316 Å². The Morgan fingerprint density at radius 1 is 0.282 bits per heavy atom. The number of hydrogen-bond acceptors (Lipinski definition) is 6. The van der Waals surface area contributed by atoms with E-state index in [-0.39, 0.29) is 31.1 Å². The molecule has 0 bridgehead atoms. The van der Waals surface area contributed by atoms with Crippen LogP contribution in [0.4, 0.5) is 0 Å². The van der Waals surface area contributed by atoms with Gasteiger partial charge >= 0.3 is 17.9 Å². The van der Waals surface area contributed by atoms with Gasteiger partial charge in [-0.15, -0.1) is 0 Å². The van der Waals surface area contributed by atoms with Crippen LogP contribution in [-0.4, -0.2) is 37.2 Å². The first-order valence-corrected chi connectivity index (χ1v) is 30.8. The third kappa shape index (κ3) is 57.9. The molecule has 6 heteroatoms. The topological polar surface area (TPSA) is 78.9 Å². The molecule has 0 aromatic carbocycles. The summed E-state index contributed by atoms with van der Waals surface area (Å²) in [4.78, 5) is 38.2. The Morgan fingerprint density at radius 3 is 0.859 bits per heavy atom. The van der Waals surface area contributed by atoms with Crippen LogP contribution in [0.3, 0.4) is 0 Å². The Bertz CT molecular complexity index is 1280. The molecule has 0 heterocycles. The van der Waals surface area contributed by atoms with Gasteiger partial charge in [0.15, 0.2) is 6.10 Å². The normalized spacial score (nSPS) is 12.4. The van der Waals surface area contributed by atoms with E-state index in [1.165, 1.54) is 199 Å². The summed E-state index contributed by atoms with van der Waals surface area (Å²) in [6.45, 7) is 6.59. The second-order valence-corrected chi connectivity index (χ2v) is 20.6. The molecule has 0 aromatic heterocycles. The Morgan fingerprint density at radius 2 is 0.521 bits per heavy atom. The highest BCUT2D eigenvalue weighted by Gasteiger charge is 2.19. The van der Waals surface area contributed by atoms with Crippen molar-refractivity contribution in [3.05, 3.63) is 60.8 Å². The minimum atomic E-state index is -0.780. The molecule has 0 aromatic rings. The van der Waals surface area contributed by atoms with Gasteiger partial charge in [0.25, 0.3) is 0 Å². The molecule has 0 radical (unpaired) electrons. The van der Waals surface area contributed by atoms with Crippen molar-refractivity contribution in [1.29, 1.82) is 0 Å². The summed E-state index contributed by atoms with van der Waals surface area (Å²) >= 11 is 0. The molecule has 0 rings (SSSR count). The molecule has 0 fully saturated rings. The van der Waals surface area contributed by atoms with E-state index in [1.54, 1.807) is 0 Å². The van der Waals surface area contributed by atoms with Crippen LogP contribution in [0.5, 0.6) is 0 Å². The third-order valence-corrected chi connectivity index (χ3v) is 13.5. The van der Waals surface area contributed by atoms with Gasteiger partial charge in [-0.05, 0) is 103 Å².